The van der Waals surface area contributed by atoms with Gasteiger partial charge in [-0.25, -0.2) is 0 Å². The first-order valence-corrected chi connectivity index (χ1v) is 10.8. The first kappa shape index (κ1) is 22.2. The second-order valence-corrected chi connectivity index (χ2v) is 7.50. The van der Waals surface area contributed by atoms with Crippen molar-refractivity contribution in [1.29, 1.82) is 0 Å². The molecule has 0 radical (unpaired) electrons. The maximum absolute atomic E-state index is 13.1. The second-order valence-electron chi connectivity index (χ2n) is 7.50. The minimum atomic E-state index is -0.914. The molecule has 0 aliphatic carbocycles. The van der Waals surface area contributed by atoms with Gasteiger partial charge in [0.05, 0.1) is 18.8 Å². The minimum absolute atomic E-state index is 0.0348. The normalized spacial score (nSPS) is 17.4. The highest BCUT2D eigenvalue weighted by Crippen LogP contribution is 2.43. The summed E-state index contributed by atoms with van der Waals surface area (Å²) >= 11 is 0. The number of carbonyl (C=O) groups is 2. The molecular weight excluding hydrogens is 422 g/mol. The Morgan fingerprint density at radius 1 is 0.909 bits per heavy atom. The molecule has 2 aromatic carbocycles. The van der Waals surface area contributed by atoms with Gasteiger partial charge in [0.2, 0.25) is 0 Å². The Kier molecular flexibility index (Phi) is 6.22. The number of anilines is 1. The monoisotopic (exact) mass is 447 g/mol. The lowest BCUT2D eigenvalue weighted by Gasteiger charge is -2.23. The molecule has 0 saturated carbocycles. The summed E-state index contributed by atoms with van der Waals surface area (Å²) in [7, 11) is 0. The first-order valence-electron chi connectivity index (χ1n) is 10.8. The molecule has 7 nitrogen and oxygen atoms in total. The SMILES string of the molecule is CCOc1ccc(/C(O)=C2/C(=O)C(=O)N(c3ccc(OCC)cc3)C2c2ccc(C)o2)cc1. The lowest BCUT2D eigenvalue weighted by molar-refractivity contribution is -0.132. The van der Waals surface area contributed by atoms with Crippen molar-refractivity contribution >= 4 is 23.1 Å². The number of ketones is 1. The molecule has 3 aromatic rings. The van der Waals surface area contributed by atoms with Crippen molar-refractivity contribution in [1.82, 2.24) is 0 Å². The molecule has 7 heteroatoms. The van der Waals surface area contributed by atoms with Gasteiger partial charge in [0, 0.05) is 11.3 Å². The zero-order valence-electron chi connectivity index (χ0n) is 18.7. The van der Waals surface area contributed by atoms with Gasteiger partial charge in [0.25, 0.3) is 11.7 Å². The van der Waals surface area contributed by atoms with E-state index in [1.54, 1.807) is 67.6 Å². The van der Waals surface area contributed by atoms with E-state index in [1.807, 2.05) is 13.8 Å². The number of amides is 1. The number of benzene rings is 2. The summed E-state index contributed by atoms with van der Waals surface area (Å²) in [5.74, 6) is 0.500. The molecule has 4 rings (SSSR count). The second kappa shape index (κ2) is 9.24. The number of hydrogen-bond acceptors (Lipinski definition) is 6. The Morgan fingerprint density at radius 3 is 2.00 bits per heavy atom. The Bertz CT molecular complexity index is 1190. The largest absolute Gasteiger partial charge is 0.507 e. The zero-order valence-corrected chi connectivity index (χ0v) is 18.7. The summed E-state index contributed by atoms with van der Waals surface area (Å²) < 4.78 is 16.7. The number of ether oxygens (including phenoxy) is 2. The zero-order chi connectivity index (χ0) is 23.5. The van der Waals surface area contributed by atoms with Gasteiger partial charge >= 0.3 is 0 Å². The maximum Gasteiger partial charge on any atom is 0.300 e. The molecule has 0 spiro atoms. The van der Waals surface area contributed by atoms with E-state index >= 15 is 0 Å². The predicted octanol–water partition coefficient (Wildman–Crippen LogP) is 5.01. The fraction of sp³-hybridized carbons (Fsp3) is 0.231. The van der Waals surface area contributed by atoms with Crippen molar-refractivity contribution in [2.75, 3.05) is 18.1 Å². The van der Waals surface area contributed by atoms with Crippen LogP contribution < -0.4 is 14.4 Å². The third-order valence-corrected chi connectivity index (χ3v) is 5.34. The van der Waals surface area contributed by atoms with Crippen molar-refractivity contribution in [2.45, 2.75) is 26.8 Å². The number of aryl methyl sites for hydroxylation is 1. The van der Waals surface area contributed by atoms with Crippen molar-refractivity contribution in [3.63, 3.8) is 0 Å². The lowest BCUT2D eigenvalue weighted by atomic mass is 9.99. The maximum atomic E-state index is 13.1. The van der Waals surface area contributed by atoms with Gasteiger partial charge in [-0.15, -0.1) is 0 Å². The Morgan fingerprint density at radius 2 is 1.48 bits per heavy atom. The number of furan rings is 1. The molecule has 1 unspecified atom stereocenters. The quantitative estimate of drug-likeness (QED) is 0.311. The highest BCUT2D eigenvalue weighted by molar-refractivity contribution is 6.51. The first-order chi connectivity index (χ1) is 15.9. The lowest BCUT2D eigenvalue weighted by Crippen LogP contribution is -2.29. The van der Waals surface area contributed by atoms with Crippen LogP contribution in [0.3, 0.4) is 0 Å². The van der Waals surface area contributed by atoms with E-state index in [0.717, 1.165) is 0 Å². The molecule has 1 saturated heterocycles. The number of aliphatic hydroxyl groups is 1. The summed E-state index contributed by atoms with van der Waals surface area (Å²) in [6, 6.07) is 16.1. The number of rotatable bonds is 7. The number of nitrogens with zero attached hydrogens (tertiary/aromatic N) is 1. The molecule has 33 heavy (non-hydrogen) atoms. The van der Waals surface area contributed by atoms with Crippen LogP contribution in [-0.2, 0) is 9.59 Å². The molecule has 1 amide bonds. The molecule has 1 aliphatic rings. The minimum Gasteiger partial charge on any atom is -0.507 e. The summed E-state index contributed by atoms with van der Waals surface area (Å²) in [6.45, 7) is 6.56. The summed E-state index contributed by atoms with van der Waals surface area (Å²) in [5, 5.41) is 11.1. The van der Waals surface area contributed by atoms with E-state index in [1.165, 1.54) is 4.90 Å². The van der Waals surface area contributed by atoms with E-state index in [-0.39, 0.29) is 11.3 Å². The Hall–Kier alpha value is -4.00. The average Bonchev–Trinajstić information content (AvgIpc) is 3.36. The van der Waals surface area contributed by atoms with Crippen LogP contribution in [0.2, 0.25) is 0 Å². The summed E-state index contributed by atoms with van der Waals surface area (Å²) in [5.41, 5.74) is 0.856. The van der Waals surface area contributed by atoms with Crippen LogP contribution in [0.1, 0.15) is 37.0 Å². The van der Waals surface area contributed by atoms with Gasteiger partial charge in [-0.2, -0.15) is 0 Å². The molecule has 1 N–H and O–H groups in total. The van der Waals surface area contributed by atoms with Crippen LogP contribution >= 0.6 is 0 Å². The topological polar surface area (TPSA) is 89.2 Å². The van der Waals surface area contributed by atoms with Crippen LogP contribution in [0.25, 0.3) is 5.76 Å². The number of Topliss-reactive ketones (excluding diaryl/α,β-unsaturated/α-hetero) is 1. The van der Waals surface area contributed by atoms with Crippen molar-refractivity contribution < 1.29 is 28.6 Å². The fourth-order valence-corrected chi connectivity index (χ4v) is 3.87. The van der Waals surface area contributed by atoms with E-state index < -0.39 is 17.7 Å². The van der Waals surface area contributed by atoms with Crippen LogP contribution in [0, 0.1) is 6.92 Å². The van der Waals surface area contributed by atoms with Crippen LogP contribution in [0.5, 0.6) is 11.5 Å². The molecule has 1 atom stereocenters. The fourth-order valence-electron chi connectivity index (χ4n) is 3.87. The van der Waals surface area contributed by atoms with E-state index in [2.05, 4.69) is 0 Å². The predicted molar refractivity (Wildman–Crippen MR) is 123 cm³/mol. The Labute approximate surface area is 191 Å². The summed E-state index contributed by atoms with van der Waals surface area (Å²) in [6.07, 6.45) is 0. The molecule has 2 heterocycles. The Balaban J connectivity index is 1.82. The highest BCUT2D eigenvalue weighted by atomic mass is 16.5. The average molecular weight is 447 g/mol. The van der Waals surface area contributed by atoms with Crippen molar-refractivity contribution in [3.8, 4) is 11.5 Å². The molecule has 1 aromatic heterocycles. The number of aliphatic hydroxyl groups excluding tert-OH is 1. The molecular formula is C26H25NO6. The summed E-state index contributed by atoms with van der Waals surface area (Å²) in [4.78, 5) is 27.6. The van der Waals surface area contributed by atoms with Gasteiger partial charge in [-0.05, 0) is 81.4 Å². The third-order valence-electron chi connectivity index (χ3n) is 5.34. The van der Waals surface area contributed by atoms with Crippen LogP contribution in [-0.4, -0.2) is 30.0 Å². The van der Waals surface area contributed by atoms with Crippen molar-refractivity contribution in [2.24, 2.45) is 0 Å². The number of carbonyl (C=O) groups excluding carboxylic acids is 2. The van der Waals surface area contributed by atoms with Gasteiger partial charge in [0.15, 0.2) is 0 Å². The van der Waals surface area contributed by atoms with E-state index in [9.17, 15) is 14.7 Å². The van der Waals surface area contributed by atoms with Gasteiger partial charge in [-0.3, -0.25) is 14.5 Å². The molecule has 1 aliphatic heterocycles. The van der Waals surface area contributed by atoms with Crippen LogP contribution in [0.4, 0.5) is 5.69 Å². The van der Waals surface area contributed by atoms with E-state index in [0.29, 0.717) is 47.5 Å². The molecule has 0 bridgehead atoms. The van der Waals surface area contributed by atoms with Gasteiger partial charge in [-0.1, -0.05) is 0 Å². The molecule has 1 fully saturated rings. The van der Waals surface area contributed by atoms with Crippen molar-refractivity contribution in [3.05, 3.63) is 83.3 Å². The van der Waals surface area contributed by atoms with Crippen LogP contribution in [0.15, 0.2) is 70.7 Å². The highest BCUT2D eigenvalue weighted by Gasteiger charge is 2.48. The third kappa shape index (κ3) is 4.22. The smallest absolute Gasteiger partial charge is 0.300 e. The van der Waals surface area contributed by atoms with E-state index in [4.69, 9.17) is 13.9 Å². The van der Waals surface area contributed by atoms with Gasteiger partial charge < -0.3 is 19.0 Å². The number of hydrogen-bond donors (Lipinski definition) is 1. The standard InChI is InChI=1S/C26H25NO6/c1-4-31-19-11-7-17(8-12-19)24(28)22-23(21-15-6-16(3)33-21)27(26(30)25(22)29)18-9-13-20(14-10-18)32-5-2/h6-15,23,28H,4-5H2,1-3H3/b24-22-. The molecule has 170 valence electrons. The van der Waals surface area contributed by atoms with Gasteiger partial charge in [0.1, 0.15) is 34.8 Å².